The number of carboxylic acids is 1. The van der Waals surface area contributed by atoms with Gasteiger partial charge in [-0.05, 0) is 53.8 Å². The number of aliphatic carboxylic acids is 1. The van der Waals surface area contributed by atoms with Crippen molar-refractivity contribution in [3.63, 3.8) is 0 Å². The largest absolute Gasteiger partial charge is 0.550 e. The fraction of sp³-hybridized carbons (Fsp3) is 0.333. The lowest BCUT2D eigenvalue weighted by atomic mass is 9.98. The smallest absolute Gasteiger partial charge is 0.241 e. The van der Waals surface area contributed by atoms with E-state index in [1.54, 1.807) is 42.2 Å². The van der Waals surface area contributed by atoms with E-state index >= 15 is 0 Å². The minimum absolute atomic E-state index is 0.0444. The Morgan fingerprint density at radius 1 is 1.25 bits per heavy atom. The number of aryl methyl sites for hydroxylation is 1. The molecule has 7 heteroatoms. The molecule has 0 bridgehead atoms. The number of phenolic OH excluding ortho intramolecular Hbond substituents is 2. The molecular formula is C21H22NO5S-. The molecule has 1 aliphatic heterocycles. The van der Waals surface area contributed by atoms with Crippen LogP contribution in [0, 0.1) is 6.92 Å². The highest BCUT2D eigenvalue weighted by Crippen LogP contribution is 2.48. The second-order valence-corrected chi connectivity index (χ2v) is 8.50. The molecule has 2 aromatic rings. The average molecular weight is 400 g/mol. The van der Waals surface area contributed by atoms with Gasteiger partial charge in [-0.2, -0.15) is 0 Å². The van der Waals surface area contributed by atoms with Gasteiger partial charge in [0.05, 0.1) is 5.25 Å². The van der Waals surface area contributed by atoms with Crippen molar-refractivity contribution < 1.29 is 24.9 Å². The van der Waals surface area contributed by atoms with Gasteiger partial charge in [0.25, 0.3) is 0 Å². The number of nitrogens with zero attached hydrogens (tertiary/aromatic N) is 1. The maximum absolute atomic E-state index is 13.1. The highest BCUT2D eigenvalue weighted by molar-refractivity contribution is 8.01. The molecule has 2 unspecified atom stereocenters. The van der Waals surface area contributed by atoms with E-state index in [4.69, 9.17) is 0 Å². The van der Waals surface area contributed by atoms with Crippen molar-refractivity contribution in [3.8, 4) is 11.5 Å². The number of thioether (sulfide) groups is 1. The van der Waals surface area contributed by atoms with E-state index < -0.39 is 16.6 Å². The SMILES string of the molecule is Cc1cc(O)c(C(C)C)cc1N1C(=O)C(CC(=O)[O-])SC1c1cccc(O)c1. The summed E-state index contributed by atoms with van der Waals surface area (Å²) in [5.74, 6) is -1.34. The van der Waals surface area contributed by atoms with Crippen LogP contribution in [0.15, 0.2) is 36.4 Å². The maximum Gasteiger partial charge on any atom is 0.241 e. The molecule has 0 aliphatic carbocycles. The van der Waals surface area contributed by atoms with Crippen LogP contribution in [0.5, 0.6) is 11.5 Å². The van der Waals surface area contributed by atoms with Crippen LogP contribution in [0.2, 0.25) is 0 Å². The predicted octanol–water partition coefficient (Wildman–Crippen LogP) is 2.82. The number of aromatic hydroxyl groups is 2. The lowest BCUT2D eigenvalue weighted by Crippen LogP contribution is -2.35. The first kappa shape index (κ1) is 20.1. The molecule has 28 heavy (non-hydrogen) atoms. The summed E-state index contributed by atoms with van der Waals surface area (Å²) in [6.07, 6.45) is -0.385. The highest BCUT2D eigenvalue weighted by Gasteiger charge is 2.42. The van der Waals surface area contributed by atoms with Crippen molar-refractivity contribution in [2.75, 3.05) is 4.90 Å². The highest BCUT2D eigenvalue weighted by atomic mass is 32.2. The van der Waals surface area contributed by atoms with Crippen molar-refractivity contribution in [1.82, 2.24) is 0 Å². The van der Waals surface area contributed by atoms with Crippen LogP contribution in [0.1, 0.15) is 48.3 Å². The molecular weight excluding hydrogens is 378 g/mol. The summed E-state index contributed by atoms with van der Waals surface area (Å²) >= 11 is 1.22. The molecule has 2 N–H and O–H groups in total. The first-order chi connectivity index (χ1) is 13.2. The number of rotatable bonds is 5. The number of anilines is 1. The molecule has 1 amide bonds. The first-order valence-electron chi connectivity index (χ1n) is 8.99. The van der Waals surface area contributed by atoms with Crippen LogP contribution in [-0.2, 0) is 9.59 Å². The Morgan fingerprint density at radius 3 is 2.57 bits per heavy atom. The topological polar surface area (TPSA) is 101 Å². The summed E-state index contributed by atoms with van der Waals surface area (Å²) in [6.45, 7) is 5.68. The van der Waals surface area contributed by atoms with Gasteiger partial charge in [0.1, 0.15) is 16.9 Å². The van der Waals surface area contributed by atoms with Gasteiger partial charge in [-0.1, -0.05) is 26.0 Å². The molecule has 0 aromatic heterocycles. The standard InChI is InChI=1S/C21H23NO5S/c1-11(2)15-9-16(12(3)7-17(15)24)22-20(27)18(10-19(25)26)28-21(22)13-5-4-6-14(23)8-13/h4-9,11,18,21,23-24H,10H2,1-3H3,(H,25,26)/p-1. The van der Waals surface area contributed by atoms with Crippen LogP contribution < -0.4 is 10.0 Å². The normalized spacial score (nSPS) is 19.4. The molecule has 0 spiro atoms. The number of hydrogen-bond donors (Lipinski definition) is 2. The van der Waals surface area contributed by atoms with E-state index in [2.05, 4.69) is 0 Å². The van der Waals surface area contributed by atoms with Crippen LogP contribution >= 0.6 is 11.8 Å². The van der Waals surface area contributed by atoms with Gasteiger partial charge in [0, 0.05) is 18.1 Å². The lowest BCUT2D eigenvalue weighted by Gasteiger charge is -2.27. The van der Waals surface area contributed by atoms with Crippen LogP contribution in [0.3, 0.4) is 0 Å². The van der Waals surface area contributed by atoms with Gasteiger partial charge in [-0.25, -0.2) is 0 Å². The van der Waals surface area contributed by atoms with Crippen LogP contribution in [-0.4, -0.2) is 27.3 Å². The van der Waals surface area contributed by atoms with Crippen LogP contribution in [0.4, 0.5) is 5.69 Å². The zero-order valence-electron chi connectivity index (χ0n) is 15.9. The van der Waals surface area contributed by atoms with Crippen molar-refractivity contribution >= 4 is 29.3 Å². The monoisotopic (exact) mass is 400 g/mol. The van der Waals surface area contributed by atoms with E-state index in [1.807, 2.05) is 13.8 Å². The average Bonchev–Trinajstić information content (AvgIpc) is 2.91. The summed E-state index contributed by atoms with van der Waals surface area (Å²) in [7, 11) is 0. The number of amides is 1. The number of carbonyl (C=O) groups excluding carboxylic acids is 2. The van der Waals surface area contributed by atoms with Gasteiger partial charge in [-0.15, -0.1) is 11.8 Å². The van der Waals surface area contributed by atoms with Crippen molar-refractivity contribution in [1.29, 1.82) is 0 Å². The summed E-state index contributed by atoms with van der Waals surface area (Å²) in [5.41, 5.74) is 2.72. The third-order valence-electron chi connectivity index (χ3n) is 4.77. The maximum atomic E-state index is 13.1. The molecule has 6 nitrogen and oxygen atoms in total. The molecule has 2 atom stereocenters. The summed E-state index contributed by atoms with van der Waals surface area (Å²) in [4.78, 5) is 25.8. The molecule has 1 saturated heterocycles. The minimum atomic E-state index is -1.28. The Hall–Kier alpha value is -2.67. The number of benzene rings is 2. The number of phenols is 2. The fourth-order valence-corrected chi connectivity index (χ4v) is 4.82. The van der Waals surface area contributed by atoms with Crippen molar-refractivity contribution in [2.24, 2.45) is 0 Å². The van der Waals surface area contributed by atoms with E-state index in [0.717, 1.165) is 0 Å². The van der Waals surface area contributed by atoms with Gasteiger partial charge in [0.15, 0.2) is 0 Å². The Balaban J connectivity index is 2.12. The molecule has 1 heterocycles. The second kappa shape index (κ2) is 7.75. The Labute approximate surface area is 167 Å². The van der Waals surface area contributed by atoms with Crippen molar-refractivity contribution in [3.05, 3.63) is 53.1 Å². The second-order valence-electron chi connectivity index (χ2n) is 7.21. The molecule has 0 radical (unpaired) electrons. The fourth-order valence-electron chi connectivity index (χ4n) is 3.40. The molecule has 2 aromatic carbocycles. The van der Waals surface area contributed by atoms with Crippen molar-refractivity contribution in [2.45, 2.75) is 43.7 Å². The summed E-state index contributed by atoms with van der Waals surface area (Å²) in [5, 5.41) is 30.0. The zero-order valence-corrected chi connectivity index (χ0v) is 16.7. The molecule has 0 saturated carbocycles. The number of hydrogen-bond acceptors (Lipinski definition) is 6. The summed E-state index contributed by atoms with van der Waals surface area (Å²) in [6, 6.07) is 9.98. The molecule has 1 fully saturated rings. The van der Waals surface area contributed by atoms with Crippen LogP contribution in [0.25, 0.3) is 0 Å². The third kappa shape index (κ3) is 3.80. The number of carboxylic acid groups (broad SMARTS) is 1. The summed E-state index contributed by atoms with van der Waals surface area (Å²) < 4.78 is 0. The van der Waals surface area contributed by atoms with E-state index in [0.29, 0.717) is 22.4 Å². The van der Waals surface area contributed by atoms with E-state index in [-0.39, 0.29) is 29.7 Å². The van der Waals surface area contributed by atoms with E-state index in [9.17, 15) is 24.9 Å². The quantitative estimate of drug-likeness (QED) is 0.800. The lowest BCUT2D eigenvalue weighted by molar-refractivity contribution is -0.305. The molecule has 148 valence electrons. The zero-order chi connectivity index (χ0) is 20.6. The molecule has 1 aliphatic rings. The molecule has 3 rings (SSSR count). The third-order valence-corrected chi connectivity index (χ3v) is 6.21. The van der Waals surface area contributed by atoms with E-state index in [1.165, 1.54) is 17.8 Å². The minimum Gasteiger partial charge on any atom is -0.550 e. The Kier molecular flexibility index (Phi) is 5.56. The van der Waals surface area contributed by atoms with Gasteiger partial charge >= 0.3 is 0 Å². The number of carbonyl (C=O) groups is 2. The van der Waals surface area contributed by atoms with Gasteiger partial charge in [-0.3, -0.25) is 9.69 Å². The first-order valence-corrected chi connectivity index (χ1v) is 9.94. The Bertz CT molecular complexity index is 927. The van der Waals surface area contributed by atoms with Gasteiger partial charge < -0.3 is 20.1 Å². The Morgan fingerprint density at radius 2 is 1.96 bits per heavy atom. The van der Waals surface area contributed by atoms with Gasteiger partial charge in [0.2, 0.25) is 5.91 Å². The predicted molar refractivity (Wildman–Crippen MR) is 106 cm³/mol.